The van der Waals surface area contributed by atoms with Crippen molar-refractivity contribution in [2.45, 2.75) is 181 Å². The lowest BCUT2D eigenvalue weighted by Gasteiger charge is -2.05. The van der Waals surface area contributed by atoms with Gasteiger partial charge < -0.3 is 0 Å². The zero-order chi connectivity index (χ0) is 24.6. The Bertz CT molecular complexity index is 299. The topological polar surface area (TPSA) is 0 Å². The van der Waals surface area contributed by atoms with Crippen LogP contribution in [0.2, 0.25) is 0 Å². The Hall–Kier alpha value is 0.860. The fraction of sp³-hybridized carbons (Fsp3) is 1.00. The van der Waals surface area contributed by atoms with Crippen molar-refractivity contribution in [3.05, 3.63) is 0 Å². The van der Waals surface area contributed by atoms with Crippen LogP contribution in [0.1, 0.15) is 181 Å². The van der Waals surface area contributed by atoms with Crippen molar-refractivity contribution >= 4 is 17.2 Å². The van der Waals surface area contributed by atoms with Gasteiger partial charge in [0.05, 0.1) is 0 Å². The quantitative estimate of drug-likeness (QED) is 0.0637. The second kappa shape index (κ2) is 33.9. The van der Waals surface area contributed by atoms with Gasteiger partial charge in [-0.25, -0.2) is 0 Å². The van der Waals surface area contributed by atoms with E-state index < -0.39 is 0 Å². The molecule has 0 spiro atoms. The summed E-state index contributed by atoms with van der Waals surface area (Å²) in [5.74, 6) is 0. The molecule has 0 heterocycles. The highest BCUT2D eigenvalue weighted by Gasteiger charge is 1.96. The standard InChI is InChI=1S/C32H68P2/c1-3-5-7-9-11-13-15-17-19-21-23-25-29-33-31-27-28-32-34-30-26-24-22-20-18-16-14-12-10-8-6-4-2/h33-34H,3-32H2,1-2H3. The Morgan fingerprint density at radius 1 is 0.235 bits per heavy atom. The molecule has 0 bridgehead atoms. The molecular formula is C32H68P2. The van der Waals surface area contributed by atoms with Gasteiger partial charge in [0, 0.05) is 0 Å². The first-order valence-corrected chi connectivity index (χ1v) is 19.2. The summed E-state index contributed by atoms with van der Waals surface area (Å²) in [6, 6.07) is 0. The van der Waals surface area contributed by atoms with Crippen molar-refractivity contribution in [2.24, 2.45) is 0 Å². The van der Waals surface area contributed by atoms with Gasteiger partial charge in [-0.05, 0) is 50.3 Å². The van der Waals surface area contributed by atoms with E-state index in [4.69, 9.17) is 0 Å². The van der Waals surface area contributed by atoms with Crippen LogP contribution < -0.4 is 0 Å². The lowest BCUT2D eigenvalue weighted by atomic mass is 10.1. The third-order valence-corrected chi connectivity index (χ3v) is 10.2. The smallest absolute Gasteiger partial charge is 0.0353 e. The third kappa shape index (κ3) is 32.9. The van der Waals surface area contributed by atoms with E-state index in [1.54, 1.807) is 0 Å². The van der Waals surface area contributed by atoms with Gasteiger partial charge in [0.2, 0.25) is 0 Å². The number of unbranched alkanes of at least 4 members (excludes halogenated alkanes) is 23. The van der Waals surface area contributed by atoms with Crippen molar-refractivity contribution in [3.8, 4) is 0 Å². The van der Waals surface area contributed by atoms with Crippen LogP contribution in [0, 0.1) is 0 Å². The number of hydrogen-bond acceptors (Lipinski definition) is 0. The van der Waals surface area contributed by atoms with Crippen LogP contribution in [-0.4, -0.2) is 24.6 Å². The molecule has 0 fully saturated rings. The minimum absolute atomic E-state index is 1.26. The molecule has 0 aromatic carbocycles. The molecule has 0 radical (unpaired) electrons. The molecule has 206 valence electrons. The third-order valence-electron chi connectivity index (χ3n) is 7.37. The Balaban J connectivity index is 2.99. The van der Waals surface area contributed by atoms with Crippen molar-refractivity contribution in [3.63, 3.8) is 0 Å². The van der Waals surface area contributed by atoms with E-state index in [1.165, 1.54) is 209 Å². The van der Waals surface area contributed by atoms with Crippen LogP contribution in [0.3, 0.4) is 0 Å². The normalized spacial score (nSPS) is 12.2. The van der Waals surface area contributed by atoms with Crippen LogP contribution in [0.4, 0.5) is 0 Å². The van der Waals surface area contributed by atoms with E-state index in [9.17, 15) is 0 Å². The molecule has 2 atom stereocenters. The molecule has 0 nitrogen and oxygen atoms in total. The summed E-state index contributed by atoms with van der Waals surface area (Å²) in [4.78, 5) is 0. The number of rotatable bonds is 31. The summed E-state index contributed by atoms with van der Waals surface area (Å²) in [5.41, 5.74) is 0. The Morgan fingerprint density at radius 2 is 0.412 bits per heavy atom. The van der Waals surface area contributed by atoms with Gasteiger partial charge in [0.25, 0.3) is 0 Å². The molecule has 0 aliphatic rings. The maximum Gasteiger partial charge on any atom is -0.0353 e. The van der Waals surface area contributed by atoms with Crippen LogP contribution in [0.15, 0.2) is 0 Å². The summed E-state index contributed by atoms with van der Waals surface area (Å²) in [6.45, 7) is 4.62. The van der Waals surface area contributed by atoms with Gasteiger partial charge in [0.15, 0.2) is 0 Å². The van der Waals surface area contributed by atoms with Crippen molar-refractivity contribution in [1.82, 2.24) is 0 Å². The van der Waals surface area contributed by atoms with Gasteiger partial charge in [-0.15, -0.1) is 17.2 Å². The van der Waals surface area contributed by atoms with Crippen LogP contribution >= 0.6 is 17.2 Å². The minimum Gasteiger partial charge on any atom is -0.122 e. The molecule has 0 aromatic heterocycles. The first-order valence-electron chi connectivity index (χ1n) is 16.3. The van der Waals surface area contributed by atoms with Gasteiger partial charge in [-0.2, -0.15) is 0 Å². The molecule has 0 amide bonds. The van der Waals surface area contributed by atoms with Gasteiger partial charge in [-0.3, -0.25) is 0 Å². The highest BCUT2D eigenvalue weighted by Crippen LogP contribution is 2.21. The zero-order valence-electron chi connectivity index (χ0n) is 24.2. The summed E-state index contributed by atoms with van der Waals surface area (Å²) < 4.78 is 0. The lowest BCUT2D eigenvalue weighted by Crippen LogP contribution is -1.87. The molecule has 34 heavy (non-hydrogen) atoms. The Morgan fingerprint density at radius 3 is 0.647 bits per heavy atom. The molecule has 0 saturated carbocycles. The van der Waals surface area contributed by atoms with E-state index in [-0.39, 0.29) is 0 Å². The SMILES string of the molecule is CCCCCCCCCCCCCCPCCCCPCCCCCCCCCCCCCC. The van der Waals surface area contributed by atoms with E-state index in [0.717, 1.165) is 0 Å². The lowest BCUT2D eigenvalue weighted by molar-refractivity contribution is 0.548. The van der Waals surface area contributed by atoms with Gasteiger partial charge in [0.1, 0.15) is 0 Å². The van der Waals surface area contributed by atoms with E-state index in [1.807, 2.05) is 0 Å². The van der Waals surface area contributed by atoms with Crippen LogP contribution in [-0.2, 0) is 0 Å². The number of hydrogen-bond donors (Lipinski definition) is 0. The van der Waals surface area contributed by atoms with Crippen LogP contribution in [0.5, 0.6) is 0 Å². The predicted molar refractivity (Wildman–Crippen MR) is 167 cm³/mol. The molecule has 2 heteroatoms. The first-order chi connectivity index (χ1) is 16.9. The molecule has 0 aliphatic carbocycles. The molecule has 0 N–H and O–H groups in total. The Labute approximate surface area is 222 Å². The van der Waals surface area contributed by atoms with Crippen molar-refractivity contribution in [2.75, 3.05) is 24.6 Å². The van der Waals surface area contributed by atoms with E-state index in [0.29, 0.717) is 0 Å². The zero-order valence-corrected chi connectivity index (χ0v) is 26.2. The highest BCUT2D eigenvalue weighted by molar-refractivity contribution is 7.38. The highest BCUT2D eigenvalue weighted by atomic mass is 31.1. The summed E-state index contributed by atoms with van der Waals surface area (Å²) in [5, 5.41) is 0. The fourth-order valence-corrected chi connectivity index (χ4v) is 7.43. The van der Waals surface area contributed by atoms with E-state index in [2.05, 4.69) is 13.8 Å². The second-order valence-corrected chi connectivity index (χ2v) is 14.0. The fourth-order valence-electron chi connectivity index (χ4n) is 4.93. The van der Waals surface area contributed by atoms with Crippen molar-refractivity contribution < 1.29 is 0 Å². The average molecular weight is 515 g/mol. The molecule has 0 aromatic rings. The Kier molecular flexibility index (Phi) is 34.7. The van der Waals surface area contributed by atoms with Crippen molar-refractivity contribution in [1.29, 1.82) is 0 Å². The van der Waals surface area contributed by atoms with Crippen LogP contribution in [0.25, 0.3) is 0 Å². The second-order valence-electron chi connectivity index (χ2n) is 11.0. The largest absolute Gasteiger partial charge is 0.122 e. The molecule has 0 saturated heterocycles. The molecule has 0 rings (SSSR count). The van der Waals surface area contributed by atoms with Gasteiger partial charge >= 0.3 is 0 Å². The predicted octanol–water partition coefficient (Wildman–Crippen LogP) is 12.5. The molecular weight excluding hydrogens is 446 g/mol. The molecule has 0 aliphatic heterocycles. The summed E-state index contributed by atoms with van der Waals surface area (Å²) in [6.07, 6.45) is 44.6. The summed E-state index contributed by atoms with van der Waals surface area (Å²) in [7, 11) is 2.52. The van der Waals surface area contributed by atoms with Gasteiger partial charge in [-0.1, -0.05) is 155 Å². The monoisotopic (exact) mass is 514 g/mol. The maximum absolute atomic E-state index is 2.31. The van der Waals surface area contributed by atoms with E-state index >= 15 is 0 Å². The average Bonchev–Trinajstić information content (AvgIpc) is 2.85. The maximum atomic E-state index is 2.31. The first kappa shape index (κ1) is 34.9. The summed E-state index contributed by atoms with van der Waals surface area (Å²) >= 11 is 0. The molecule has 2 unspecified atom stereocenters. The minimum atomic E-state index is 1.26.